The zero-order valence-electron chi connectivity index (χ0n) is 10.9. The zero-order valence-corrected chi connectivity index (χ0v) is 15.2. The summed E-state index contributed by atoms with van der Waals surface area (Å²) in [6.45, 7) is 2.85. The van der Waals surface area contributed by atoms with E-state index in [1.165, 1.54) is 10.9 Å². The van der Waals surface area contributed by atoms with E-state index in [1.54, 1.807) is 0 Å². The molecule has 0 radical (unpaired) electrons. The van der Waals surface area contributed by atoms with Gasteiger partial charge in [-0.1, -0.05) is 0 Å². The summed E-state index contributed by atoms with van der Waals surface area (Å²) >= 11 is 3.82. The average molecular weight is 402 g/mol. The number of hydrogen-bond acceptors (Lipinski definition) is 1. The first kappa shape index (κ1) is 15.3. The molecule has 0 N–H and O–H groups in total. The van der Waals surface area contributed by atoms with Gasteiger partial charge >= 0.3 is 129 Å². The van der Waals surface area contributed by atoms with Gasteiger partial charge in [0.2, 0.25) is 0 Å². The Labute approximate surface area is 128 Å². The van der Waals surface area contributed by atoms with Crippen molar-refractivity contribution in [1.29, 1.82) is 0 Å². The van der Waals surface area contributed by atoms with E-state index in [4.69, 9.17) is 4.52 Å². The quantitative estimate of drug-likeness (QED) is 0.533. The molecule has 0 aliphatic rings. The Balaban J connectivity index is 2.14. The Kier molecular flexibility index (Phi) is 6.10. The van der Waals surface area contributed by atoms with Crippen molar-refractivity contribution >= 4 is 39.3 Å². The number of hydrogen-bond donors (Lipinski definition) is 0. The van der Waals surface area contributed by atoms with Crippen molar-refractivity contribution < 1.29 is 4.52 Å². The first-order valence-electron chi connectivity index (χ1n) is 6.23. The Morgan fingerprint density at radius 2 is 1.58 bits per heavy atom. The third kappa shape index (κ3) is 4.43. The topological polar surface area (TPSA) is 9.23 Å². The molecule has 1 atom stereocenters. The average Bonchev–Trinajstić information content (AvgIpc) is 2.48. The minimum absolute atomic E-state index is 0.422. The van der Waals surface area contributed by atoms with Crippen LogP contribution >= 0.6 is 4.43 Å². The van der Waals surface area contributed by atoms with E-state index in [2.05, 4.69) is 82.7 Å². The van der Waals surface area contributed by atoms with Gasteiger partial charge < -0.3 is 0 Å². The second-order valence-corrected chi connectivity index (χ2v) is 18.3. The van der Waals surface area contributed by atoms with Gasteiger partial charge in [-0.2, -0.15) is 0 Å². The molecule has 0 spiro atoms. The summed E-state index contributed by atoms with van der Waals surface area (Å²) in [5, 5.41) is 2.46. The molecule has 0 aliphatic heterocycles. The van der Waals surface area contributed by atoms with Crippen molar-refractivity contribution in [2.75, 3.05) is 6.61 Å². The molecule has 4 heteroatoms. The predicted octanol–water partition coefficient (Wildman–Crippen LogP) is 3.18. The second-order valence-electron chi connectivity index (χ2n) is 4.01. The van der Waals surface area contributed by atoms with Gasteiger partial charge in [-0.25, -0.2) is 0 Å². The number of benzene rings is 2. The Hall–Kier alpha value is -0.131. The fourth-order valence-corrected chi connectivity index (χ4v) is 11.7. The molecule has 2 rings (SSSR count). The molecule has 0 saturated carbocycles. The van der Waals surface area contributed by atoms with Crippen molar-refractivity contribution in [2.45, 2.75) is 12.2 Å². The van der Waals surface area contributed by atoms with Crippen molar-refractivity contribution in [3.63, 3.8) is 0 Å². The van der Waals surface area contributed by atoms with Crippen LogP contribution in [0.25, 0.3) is 0 Å². The summed E-state index contributed by atoms with van der Waals surface area (Å²) in [4.78, 5) is 0. The van der Waals surface area contributed by atoms with Crippen LogP contribution in [0.5, 0.6) is 0 Å². The summed E-state index contributed by atoms with van der Waals surface area (Å²) < 4.78 is 4.57. The van der Waals surface area contributed by atoms with E-state index in [0.717, 1.165) is 11.9 Å². The molecule has 1 unspecified atom stereocenters. The molecule has 0 saturated heterocycles. The first-order chi connectivity index (χ1) is 9.24. The van der Waals surface area contributed by atoms with Crippen molar-refractivity contribution in [3.8, 4) is 0 Å². The Morgan fingerprint density at radius 3 is 2.16 bits per heavy atom. The maximum atomic E-state index is 6.12. The number of rotatable bonds is 6. The fraction of sp³-hybridized carbons (Fsp3) is 0.200. The molecule has 0 bridgehead atoms. The summed E-state index contributed by atoms with van der Waals surface area (Å²) in [6.07, 6.45) is 0. The van der Waals surface area contributed by atoms with E-state index >= 15 is 0 Å². The molecule has 0 aromatic heterocycles. The normalized spacial score (nSPS) is 13.9. The molecule has 0 heterocycles. The van der Waals surface area contributed by atoms with Crippen molar-refractivity contribution in [3.05, 3.63) is 66.2 Å². The van der Waals surface area contributed by atoms with E-state index in [1.807, 2.05) is 0 Å². The van der Waals surface area contributed by atoms with Gasteiger partial charge in [-0.05, 0) is 0 Å². The van der Waals surface area contributed by atoms with Gasteiger partial charge in [0.1, 0.15) is 0 Å². The van der Waals surface area contributed by atoms with Crippen LogP contribution in [0.3, 0.4) is 0 Å². The molecular weight excluding hydrogens is 385 g/mol. The van der Waals surface area contributed by atoms with Gasteiger partial charge in [-0.15, -0.1) is 0 Å². The molecule has 0 amide bonds. The van der Waals surface area contributed by atoms with Gasteiger partial charge in [0.25, 0.3) is 0 Å². The van der Waals surface area contributed by atoms with Crippen molar-refractivity contribution in [2.24, 2.45) is 0 Å². The Morgan fingerprint density at radius 1 is 1.00 bits per heavy atom. The molecular formula is C15H17OPSe2. The van der Waals surface area contributed by atoms with Crippen LogP contribution in [0.1, 0.15) is 12.5 Å². The van der Waals surface area contributed by atoms with Gasteiger partial charge in [-0.3, -0.25) is 0 Å². The van der Waals surface area contributed by atoms with Crippen LogP contribution in [0.15, 0.2) is 60.7 Å². The molecule has 1 nitrogen and oxygen atoms in total. The third-order valence-corrected chi connectivity index (χ3v) is 15.7. The van der Waals surface area contributed by atoms with Gasteiger partial charge in [0.15, 0.2) is 0 Å². The minimum atomic E-state index is -1.55. The molecule has 2 aromatic carbocycles. The summed E-state index contributed by atoms with van der Waals surface area (Å²) in [5.74, 6) is 0. The molecule has 0 aliphatic carbocycles. The monoisotopic (exact) mass is 404 g/mol. The maximum absolute atomic E-state index is 6.12. The van der Waals surface area contributed by atoms with Gasteiger partial charge in [0.05, 0.1) is 0 Å². The van der Waals surface area contributed by atoms with E-state index in [-0.39, 0.29) is 0 Å². The predicted molar refractivity (Wildman–Crippen MR) is 86.3 cm³/mol. The van der Waals surface area contributed by atoms with Crippen molar-refractivity contribution in [1.82, 2.24) is 0 Å². The summed E-state index contributed by atoms with van der Waals surface area (Å²) in [5.41, 5.74) is 1.40. The standard InChI is InChI=1S/C15H17OPSe2/c1-2-16-17(18,15-11-7-4-8-12-15)19-13-14-9-5-3-6-10-14/h3-12H,2,13H2,1H3. The third-order valence-electron chi connectivity index (χ3n) is 2.62. The van der Waals surface area contributed by atoms with Crippen LogP contribution in [0.4, 0.5) is 0 Å². The van der Waals surface area contributed by atoms with Crippen LogP contribution in [-0.2, 0) is 9.84 Å². The van der Waals surface area contributed by atoms with Gasteiger partial charge in [0, 0.05) is 0 Å². The van der Waals surface area contributed by atoms with Crippen LogP contribution < -0.4 is 5.30 Å². The van der Waals surface area contributed by atoms with E-state index < -0.39 is 4.43 Å². The van der Waals surface area contributed by atoms with Crippen LogP contribution in [0, 0.1) is 0 Å². The molecule has 100 valence electrons. The second kappa shape index (κ2) is 7.60. The molecule has 19 heavy (non-hydrogen) atoms. The van der Waals surface area contributed by atoms with E-state index in [0.29, 0.717) is 14.5 Å². The zero-order chi connectivity index (χ0) is 13.6. The SMILES string of the molecule is CCOP(=[Se])([Se]Cc1ccccc1)c1ccccc1. The Bertz CT molecular complexity index is 543. The molecule has 0 fully saturated rings. The van der Waals surface area contributed by atoms with E-state index in [9.17, 15) is 0 Å². The fourth-order valence-electron chi connectivity index (χ4n) is 1.70. The van der Waals surface area contributed by atoms with Crippen LogP contribution in [-0.4, -0.2) is 36.2 Å². The van der Waals surface area contributed by atoms with Crippen LogP contribution in [0.2, 0.25) is 0 Å². The molecule has 2 aromatic rings. The summed E-state index contributed by atoms with van der Waals surface area (Å²) in [7, 11) is 0. The summed E-state index contributed by atoms with van der Waals surface area (Å²) in [6, 6.07) is 21.3. The first-order valence-corrected chi connectivity index (χ1v) is 13.6.